The molecular formula is C28H33N3O3S. The van der Waals surface area contributed by atoms with Crippen molar-refractivity contribution in [3.8, 4) is 10.4 Å². The molecule has 0 atom stereocenters. The average molecular weight is 492 g/mol. The zero-order valence-corrected chi connectivity index (χ0v) is 21.3. The van der Waals surface area contributed by atoms with E-state index in [2.05, 4.69) is 29.4 Å². The minimum atomic E-state index is -0.956. The van der Waals surface area contributed by atoms with Crippen molar-refractivity contribution >= 4 is 40.4 Å². The summed E-state index contributed by atoms with van der Waals surface area (Å²) < 4.78 is 0. The van der Waals surface area contributed by atoms with Gasteiger partial charge >= 0.3 is 12.0 Å². The Kier molecular flexibility index (Phi) is 7.76. The van der Waals surface area contributed by atoms with Crippen LogP contribution >= 0.6 is 11.3 Å². The molecule has 4 rings (SSSR count). The quantitative estimate of drug-likeness (QED) is 0.277. The van der Waals surface area contributed by atoms with Gasteiger partial charge in [0.05, 0.1) is 16.9 Å². The lowest BCUT2D eigenvalue weighted by Gasteiger charge is -2.29. The smallest absolute Gasteiger partial charge is 0.337 e. The summed E-state index contributed by atoms with van der Waals surface area (Å²) in [6, 6.07) is 14.8. The highest BCUT2D eigenvalue weighted by atomic mass is 32.1. The fourth-order valence-corrected chi connectivity index (χ4v) is 5.06. The van der Waals surface area contributed by atoms with E-state index >= 15 is 0 Å². The summed E-state index contributed by atoms with van der Waals surface area (Å²) in [4.78, 5) is 27.7. The number of thiophene rings is 1. The van der Waals surface area contributed by atoms with Crippen molar-refractivity contribution in [2.24, 2.45) is 11.8 Å². The molecular weight excluding hydrogens is 458 g/mol. The summed E-state index contributed by atoms with van der Waals surface area (Å²) in [6.45, 7) is 8.19. The van der Waals surface area contributed by atoms with Crippen molar-refractivity contribution in [2.75, 3.05) is 28.6 Å². The van der Waals surface area contributed by atoms with E-state index in [1.54, 1.807) is 11.4 Å². The van der Waals surface area contributed by atoms with E-state index in [1.165, 1.54) is 24.2 Å². The Hall–Kier alpha value is -3.32. The van der Waals surface area contributed by atoms with Crippen molar-refractivity contribution in [1.82, 2.24) is 0 Å². The number of amides is 2. The number of aryl methyl sites for hydroxylation is 1. The Morgan fingerprint density at radius 2 is 1.83 bits per heavy atom. The summed E-state index contributed by atoms with van der Waals surface area (Å²) in [5.74, 6) is 0.302. The Bertz CT molecular complexity index is 1180. The number of rotatable bonds is 10. The molecule has 1 aromatic heterocycles. The molecule has 0 bridgehead atoms. The molecule has 2 amide bonds. The number of urea groups is 1. The Morgan fingerprint density at radius 3 is 2.49 bits per heavy atom. The van der Waals surface area contributed by atoms with Crippen LogP contribution in [0.2, 0.25) is 0 Å². The number of hydrogen-bond donors (Lipinski definition) is 3. The van der Waals surface area contributed by atoms with E-state index in [0.29, 0.717) is 22.2 Å². The van der Waals surface area contributed by atoms with Gasteiger partial charge in [0.2, 0.25) is 0 Å². The SMILES string of the molecule is Cc1ccc(NC(=O)Nc2cc(-c3sccc3C(=O)O)ccc2N(CCC2CC2)CC(C)C)cc1. The third-order valence-corrected chi connectivity index (χ3v) is 7.11. The van der Waals surface area contributed by atoms with Gasteiger partial charge in [-0.15, -0.1) is 11.3 Å². The van der Waals surface area contributed by atoms with Gasteiger partial charge in [-0.25, -0.2) is 9.59 Å². The van der Waals surface area contributed by atoms with Crippen molar-refractivity contribution in [1.29, 1.82) is 0 Å². The first kappa shape index (κ1) is 24.8. The van der Waals surface area contributed by atoms with E-state index in [9.17, 15) is 14.7 Å². The highest BCUT2D eigenvalue weighted by Crippen LogP contribution is 2.38. The number of hydrogen-bond acceptors (Lipinski definition) is 4. The number of anilines is 3. The lowest BCUT2D eigenvalue weighted by Crippen LogP contribution is -2.30. The van der Waals surface area contributed by atoms with E-state index < -0.39 is 5.97 Å². The van der Waals surface area contributed by atoms with Crippen molar-refractivity contribution in [2.45, 2.75) is 40.0 Å². The third kappa shape index (κ3) is 6.63. The Morgan fingerprint density at radius 1 is 1.09 bits per heavy atom. The third-order valence-electron chi connectivity index (χ3n) is 6.14. The molecule has 0 saturated heterocycles. The first-order chi connectivity index (χ1) is 16.8. The number of carbonyl (C=O) groups excluding carboxylic acids is 1. The number of nitrogens with zero attached hydrogens (tertiary/aromatic N) is 1. The maximum Gasteiger partial charge on any atom is 0.337 e. The standard InChI is InChI=1S/C28H33N3O3S/c1-18(2)17-31(14-12-20-6-7-20)25-11-8-21(26-23(27(32)33)13-15-35-26)16-24(25)30-28(34)29-22-9-4-19(3)5-10-22/h4-5,8-11,13,15-16,18,20H,6-7,12,14,17H2,1-3H3,(H,32,33)(H2,29,30,34). The number of carboxylic acid groups (broad SMARTS) is 1. The molecule has 3 N–H and O–H groups in total. The zero-order chi connectivity index (χ0) is 24.9. The van der Waals surface area contributed by atoms with Crippen LogP contribution in [0.25, 0.3) is 10.4 Å². The molecule has 184 valence electrons. The highest BCUT2D eigenvalue weighted by Gasteiger charge is 2.24. The first-order valence-corrected chi connectivity index (χ1v) is 13.0. The molecule has 0 aliphatic heterocycles. The molecule has 1 aliphatic rings. The van der Waals surface area contributed by atoms with E-state index in [0.717, 1.165) is 42.2 Å². The van der Waals surface area contributed by atoms with Gasteiger partial charge in [0.1, 0.15) is 0 Å². The van der Waals surface area contributed by atoms with E-state index in [-0.39, 0.29) is 11.6 Å². The lowest BCUT2D eigenvalue weighted by molar-refractivity contribution is 0.0698. The van der Waals surface area contributed by atoms with Crippen LogP contribution in [0.1, 0.15) is 49.0 Å². The zero-order valence-electron chi connectivity index (χ0n) is 20.5. The van der Waals surface area contributed by atoms with E-state index in [4.69, 9.17) is 0 Å². The first-order valence-electron chi connectivity index (χ1n) is 12.1. The molecule has 0 radical (unpaired) electrons. The van der Waals surface area contributed by atoms with Crippen LogP contribution in [-0.2, 0) is 0 Å². The molecule has 1 fully saturated rings. The molecule has 0 unspecified atom stereocenters. The molecule has 35 heavy (non-hydrogen) atoms. The van der Waals surface area contributed by atoms with Gasteiger partial charge < -0.3 is 20.6 Å². The normalized spacial score (nSPS) is 13.0. The number of carbonyl (C=O) groups is 2. The minimum absolute atomic E-state index is 0.269. The fraction of sp³-hybridized carbons (Fsp3) is 0.357. The van der Waals surface area contributed by atoms with Crippen LogP contribution in [0.5, 0.6) is 0 Å². The molecule has 3 aromatic rings. The predicted molar refractivity (Wildman–Crippen MR) is 145 cm³/mol. The van der Waals surface area contributed by atoms with Crippen LogP contribution in [0.4, 0.5) is 21.9 Å². The largest absolute Gasteiger partial charge is 0.478 e. The van der Waals surface area contributed by atoms with Crippen LogP contribution in [0.15, 0.2) is 53.9 Å². The number of carboxylic acids is 1. The highest BCUT2D eigenvalue weighted by molar-refractivity contribution is 7.14. The molecule has 6 nitrogen and oxygen atoms in total. The van der Waals surface area contributed by atoms with Gasteiger partial charge in [0, 0.05) is 23.7 Å². The summed E-state index contributed by atoms with van der Waals surface area (Å²) in [6.07, 6.45) is 3.74. The van der Waals surface area contributed by atoms with Gasteiger partial charge in [0.25, 0.3) is 0 Å². The molecule has 2 aromatic carbocycles. The summed E-state index contributed by atoms with van der Waals surface area (Å²) >= 11 is 1.39. The molecule has 1 heterocycles. The molecule has 1 aliphatic carbocycles. The second-order valence-electron chi connectivity index (χ2n) is 9.72. The maximum absolute atomic E-state index is 13.0. The van der Waals surface area contributed by atoms with Gasteiger partial charge in [-0.05, 0) is 66.5 Å². The summed E-state index contributed by atoms with van der Waals surface area (Å²) in [7, 11) is 0. The average Bonchev–Trinajstić information content (AvgIpc) is 3.50. The van der Waals surface area contributed by atoms with Crippen LogP contribution in [0, 0.1) is 18.8 Å². The molecule has 1 saturated carbocycles. The van der Waals surface area contributed by atoms with Crippen LogP contribution < -0.4 is 15.5 Å². The van der Waals surface area contributed by atoms with Crippen molar-refractivity contribution < 1.29 is 14.7 Å². The number of aromatic carboxylic acids is 1. The van der Waals surface area contributed by atoms with Gasteiger partial charge in [0.15, 0.2) is 0 Å². The second kappa shape index (κ2) is 11.0. The summed E-state index contributed by atoms with van der Waals surface area (Å²) in [5, 5.41) is 17.3. The summed E-state index contributed by atoms with van der Waals surface area (Å²) in [5.41, 5.74) is 4.51. The second-order valence-corrected chi connectivity index (χ2v) is 10.6. The van der Waals surface area contributed by atoms with E-state index in [1.807, 2.05) is 49.4 Å². The number of nitrogens with one attached hydrogen (secondary N) is 2. The predicted octanol–water partition coefficient (Wildman–Crippen LogP) is 7.33. The fourth-order valence-electron chi connectivity index (χ4n) is 4.17. The van der Waals surface area contributed by atoms with Crippen LogP contribution in [-0.4, -0.2) is 30.2 Å². The van der Waals surface area contributed by atoms with Gasteiger partial charge in [-0.1, -0.05) is 50.5 Å². The number of benzene rings is 2. The Balaban J connectivity index is 1.66. The molecule has 0 spiro atoms. The van der Waals surface area contributed by atoms with Crippen molar-refractivity contribution in [3.05, 3.63) is 65.0 Å². The van der Waals surface area contributed by atoms with Crippen molar-refractivity contribution in [3.63, 3.8) is 0 Å². The van der Waals surface area contributed by atoms with Gasteiger partial charge in [-0.2, -0.15) is 0 Å². The monoisotopic (exact) mass is 491 g/mol. The Labute approximate surface area is 211 Å². The van der Waals surface area contributed by atoms with Gasteiger partial charge in [-0.3, -0.25) is 0 Å². The minimum Gasteiger partial charge on any atom is -0.478 e. The lowest BCUT2D eigenvalue weighted by atomic mass is 10.1. The van der Waals surface area contributed by atoms with Crippen LogP contribution in [0.3, 0.4) is 0 Å². The maximum atomic E-state index is 13.0. The topological polar surface area (TPSA) is 81.7 Å². The molecule has 7 heteroatoms.